The zero-order valence-corrected chi connectivity index (χ0v) is 19.8. The molecule has 174 valence electrons. The molecule has 1 N–H and O–H groups in total. The number of carbonyl (C=O) groups is 2. The first-order valence-corrected chi connectivity index (χ1v) is 11.2. The predicted molar refractivity (Wildman–Crippen MR) is 132 cm³/mol. The Morgan fingerprint density at radius 1 is 1.06 bits per heavy atom. The van der Waals surface area contributed by atoms with Crippen LogP contribution < -0.4 is 14.4 Å². The molecule has 0 saturated carbocycles. The van der Waals surface area contributed by atoms with Crippen LogP contribution in [0.4, 0.5) is 5.69 Å². The standard InChI is InChI=1S/C27H24ClNO5/c1-4-34-20-10-6-9-19(15-20)29-24(17-8-5-7-16(2)13-17)23(26(31)27(29)32)25(30)21-14-18(28)11-12-22(21)33-3/h5-15,24,30H,4H2,1-3H3/b25-23+. The van der Waals surface area contributed by atoms with Gasteiger partial charge in [0.15, 0.2) is 0 Å². The quantitative estimate of drug-likeness (QED) is 0.281. The SMILES string of the molecule is CCOc1cccc(N2C(=O)C(=O)/C(=C(/O)c3cc(Cl)ccc3OC)C2c2cccc(C)c2)c1. The summed E-state index contributed by atoms with van der Waals surface area (Å²) in [6.07, 6.45) is 0. The molecule has 0 spiro atoms. The molecule has 1 aliphatic heterocycles. The smallest absolute Gasteiger partial charge is 0.300 e. The van der Waals surface area contributed by atoms with E-state index in [-0.39, 0.29) is 16.9 Å². The molecule has 6 nitrogen and oxygen atoms in total. The second-order valence-corrected chi connectivity index (χ2v) is 8.29. The van der Waals surface area contributed by atoms with E-state index in [2.05, 4.69) is 0 Å². The van der Waals surface area contributed by atoms with Gasteiger partial charge in [-0.15, -0.1) is 0 Å². The fraction of sp³-hybridized carbons (Fsp3) is 0.185. The summed E-state index contributed by atoms with van der Waals surface area (Å²) < 4.78 is 11.0. The maximum atomic E-state index is 13.4. The van der Waals surface area contributed by atoms with Crippen molar-refractivity contribution in [2.45, 2.75) is 19.9 Å². The number of carbonyl (C=O) groups excluding carboxylic acids is 2. The number of rotatable bonds is 6. The fourth-order valence-electron chi connectivity index (χ4n) is 4.15. The molecule has 4 rings (SSSR count). The number of ketones is 1. The molecule has 34 heavy (non-hydrogen) atoms. The predicted octanol–water partition coefficient (Wildman–Crippen LogP) is 5.68. The van der Waals surface area contributed by atoms with Crippen LogP contribution in [0, 0.1) is 6.92 Å². The number of hydrogen-bond donors (Lipinski definition) is 1. The van der Waals surface area contributed by atoms with Gasteiger partial charge in [-0.1, -0.05) is 47.5 Å². The molecular formula is C27H24ClNO5. The van der Waals surface area contributed by atoms with Gasteiger partial charge in [-0.05, 0) is 49.7 Å². The van der Waals surface area contributed by atoms with E-state index in [1.54, 1.807) is 36.4 Å². The van der Waals surface area contributed by atoms with Gasteiger partial charge < -0.3 is 14.6 Å². The maximum Gasteiger partial charge on any atom is 0.300 e. The molecule has 7 heteroatoms. The highest BCUT2D eigenvalue weighted by atomic mass is 35.5. The Balaban J connectivity index is 1.97. The summed E-state index contributed by atoms with van der Waals surface area (Å²) in [5.74, 6) is -1.00. The van der Waals surface area contributed by atoms with Gasteiger partial charge >= 0.3 is 0 Å². The van der Waals surface area contributed by atoms with E-state index in [0.717, 1.165) is 5.56 Å². The molecule has 0 aliphatic carbocycles. The van der Waals surface area contributed by atoms with Gasteiger partial charge in [0.2, 0.25) is 0 Å². The van der Waals surface area contributed by atoms with Crippen molar-refractivity contribution in [3.8, 4) is 11.5 Å². The number of aliphatic hydroxyl groups is 1. The van der Waals surface area contributed by atoms with Gasteiger partial charge in [-0.3, -0.25) is 14.5 Å². The van der Waals surface area contributed by atoms with Crippen LogP contribution in [0.1, 0.15) is 29.7 Å². The second kappa shape index (κ2) is 9.61. The molecule has 1 amide bonds. The Kier molecular flexibility index (Phi) is 6.61. The van der Waals surface area contributed by atoms with Gasteiger partial charge in [0.1, 0.15) is 17.3 Å². The highest BCUT2D eigenvalue weighted by Crippen LogP contribution is 2.44. The number of aliphatic hydroxyl groups excluding tert-OH is 1. The first-order valence-electron chi connectivity index (χ1n) is 10.8. The number of anilines is 1. The largest absolute Gasteiger partial charge is 0.507 e. The minimum atomic E-state index is -0.861. The van der Waals surface area contributed by atoms with E-state index >= 15 is 0 Å². The Morgan fingerprint density at radius 3 is 2.53 bits per heavy atom. The number of amides is 1. The third kappa shape index (κ3) is 4.24. The maximum absolute atomic E-state index is 13.4. The van der Waals surface area contributed by atoms with Crippen molar-refractivity contribution in [1.29, 1.82) is 0 Å². The lowest BCUT2D eigenvalue weighted by molar-refractivity contribution is -0.132. The number of ether oxygens (including phenoxy) is 2. The lowest BCUT2D eigenvalue weighted by Gasteiger charge is -2.26. The van der Waals surface area contributed by atoms with Crippen molar-refractivity contribution in [2.24, 2.45) is 0 Å². The summed E-state index contributed by atoms with van der Waals surface area (Å²) in [6, 6.07) is 18.3. The van der Waals surface area contributed by atoms with Crippen molar-refractivity contribution in [3.05, 3.63) is 94.0 Å². The fourth-order valence-corrected chi connectivity index (χ4v) is 4.33. The topological polar surface area (TPSA) is 76.1 Å². The molecule has 1 heterocycles. The van der Waals surface area contributed by atoms with Crippen LogP contribution in [-0.2, 0) is 9.59 Å². The van der Waals surface area contributed by atoms with Crippen LogP contribution in [0.25, 0.3) is 5.76 Å². The summed E-state index contributed by atoms with van der Waals surface area (Å²) in [4.78, 5) is 28.1. The normalized spacial score (nSPS) is 17.2. The Hall–Kier alpha value is -3.77. The van der Waals surface area contributed by atoms with Gasteiger partial charge in [0.25, 0.3) is 11.7 Å². The molecule has 3 aromatic rings. The average molecular weight is 478 g/mol. The summed E-state index contributed by atoms with van der Waals surface area (Å²) in [6.45, 7) is 4.24. The molecular weight excluding hydrogens is 454 g/mol. The van der Waals surface area contributed by atoms with Gasteiger partial charge in [-0.25, -0.2) is 0 Å². The highest BCUT2D eigenvalue weighted by Gasteiger charge is 2.47. The summed E-state index contributed by atoms with van der Waals surface area (Å²) in [5.41, 5.74) is 2.30. The molecule has 1 saturated heterocycles. The van der Waals surface area contributed by atoms with Gasteiger partial charge in [0, 0.05) is 16.8 Å². The molecule has 1 unspecified atom stereocenters. The molecule has 1 atom stereocenters. The number of aryl methyl sites for hydroxylation is 1. The van der Waals surface area contributed by atoms with Crippen molar-refractivity contribution in [3.63, 3.8) is 0 Å². The molecule has 0 bridgehead atoms. The van der Waals surface area contributed by atoms with Crippen LogP contribution in [0.2, 0.25) is 5.02 Å². The summed E-state index contributed by atoms with van der Waals surface area (Å²) in [7, 11) is 1.45. The van der Waals surface area contributed by atoms with E-state index in [4.69, 9.17) is 21.1 Å². The molecule has 1 fully saturated rings. The molecule has 0 aromatic heterocycles. The number of nitrogens with zero attached hydrogens (tertiary/aromatic N) is 1. The lowest BCUT2D eigenvalue weighted by atomic mass is 9.94. The minimum Gasteiger partial charge on any atom is -0.507 e. The van der Waals surface area contributed by atoms with Crippen LogP contribution in [0.15, 0.2) is 72.3 Å². The first-order chi connectivity index (χ1) is 16.3. The van der Waals surface area contributed by atoms with Gasteiger partial charge in [0.05, 0.1) is 30.9 Å². The van der Waals surface area contributed by atoms with E-state index in [9.17, 15) is 14.7 Å². The third-order valence-electron chi connectivity index (χ3n) is 5.63. The zero-order valence-electron chi connectivity index (χ0n) is 19.0. The first kappa shape index (κ1) is 23.4. The molecule has 1 aliphatic rings. The van der Waals surface area contributed by atoms with E-state index in [1.165, 1.54) is 18.1 Å². The highest BCUT2D eigenvalue weighted by molar-refractivity contribution is 6.51. The van der Waals surface area contributed by atoms with Crippen molar-refractivity contribution in [1.82, 2.24) is 0 Å². The molecule has 3 aromatic carbocycles. The Morgan fingerprint density at radius 2 is 1.82 bits per heavy atom. The molecule has 0 radical (unpaired) electrons. The van der Waals surface area contributed by atoms with Crippen LogP contribution >= 0.6 is 11.6 Å². The monoisotopic (exact) mass is 477 g/mol. The van der Waals surface area contributed by atoms with E-state index in [0.29, 0.717) is 34.4 Å². The van der Waals surface area contributed by atoms with Crippen LogP contribution in [-0.4, -0.2) is 30.5 Å². The Labute approximate surface area is 203 Å². The Bertz CT molecular complexity index is 1300. The van der Waals surface area contributed by atoms with Crippen LogP contribution in [0.5, 0.6) is 11.5 Å². The number of halogens is 1. The third-order valence-corrected chi connectivity index (χ3v) is 5.86. The summed E-state index contributed by atoms with van der Waals surface area (Å²) >= 11 is 6.17. The lowest BCUT2D eigenvalue weighted by Crippen LogP contribution is -2.29. The van der Waals surface area contributed by atoms with Crippen molar-refractivity contribution < 1.29 is 24.2 Å². The number of Topliss-reactive ketones (excluding diaryl/α,β-unsaturated/α-hetero) is 1. The van der Waals surface area contributed by atoms with E-state index in [1.807, 2.05) is 38.1 Å². The zero-order chi connectivity index (χ0) is 24.4. The van der Waals surface area contributed by atoms with E-state index < -0.39 is 17.7 Å². The van der Waals surface area contributed by atoms with Gasteiger partial charge in [-0.2, -0.15) is 0 Å². The second-order valence-electron chi connectivity index (χ2n) is 7.86. The van der Waals surface area contributed by atoms with Crippen molar-refractivity contribution in [2.75, 3.05) is 18.6 Å². The number of hydrogen-bond acceptors (Lipinski definition) is 5. The van der Waals surface area contributed by atoms with Crippen molar-refractivity contribution >= 4 is 34.7 Å². The number of benzene rings is 3. The average Bonchev–Trinajstić information content (AvgIpc) is 3.09. The minimum absolute atomic E-state index is 0.0435. The van der Waals surface area contributed by atoms with Crippen LogP contribution in [0.3, 0.4) is 0 Å². The summed E-state index contributed by atoms with van der Waals surface area (Å²) in [5, 5.41) is 11.7. The number of methoxy groups -OCH3 is 1.